The molecule has 0 bridgehead atoms. The van der Waals surface area contributed by atoms with Gasteiger partial charge >= 0.3 is 0 Å². The summed E-state index contributed by atoms with van der Waals surface area (Å²) in [4.78, 5) is 4.59. The van der Waals surface area contributed by atoms with E-state index in [0.717, 1.165) is 22.2 Å². The number of hydrogen-bond donors (Lipinski definition) is 1. The van der Waals surface area contributed by atoms with Gasteiger partial charge in [-0.3, -0.25) is 0 Å². The second-order valence-corrected chi connectivity index (χ2v) is 6.00. The molecule has 0 amide bonds. The molecule has 0 fully saturated rings. The van der Waals surface area contributed by atoms with Crippen LogP contribution in [0.15, 0.2) is 28.6 Å². The summed E-state index contributed by atoms with van der Waals surface area (Å²) in [5.41, 5.74) is 1.09. The minimum Gasteiger partial charge on any atom is -0.383 e. The Kier molecular flexibility index (Phi) is 4.79. The number of aromatic nitrogens is 1. The van der Waals surface area contributed by atoms with Crippen molar-refractivity contribution in [3.05, 3.63) is 24.3 Å². The van der Waals surface area contributed by atoms with Gasteiger partial charge in [-0.2, -0.15) is 0 Å². The van der Waals surface area contributed by atoms with Gasteiger partial charge in [-0.25, -0.2) is 4.98 Å². The first-order valence-corrected chi connectivity index (χ1v) is 7.28. The molecular formula is C12H16N2OS2. The monoisotopic (exact) mass is 268 g/mol. The van der Waals surface area contributed by atoms with E-state index in [1.54, 1.807) is 30.2 Å². The van der Waals surface area contributed by atoms with Gasteiger partial charge in [0.05, 0.1) is 16.8 Å². The average molecular weight is 268 g/mol. The van der Waals surface area contributed by atoms with Gasteiger partial charge in [-0.15, -0.1) is 11.3 Å². The lowest BCUT2D eigenvalue weighted by Crippen LogP contribution is -2.32. The van der Waals surface area contributed by atoms with E-state index >= 15 is 0 Å². The number of nitrogens with one attached hydrogen (secondary N) is 1. The highest BCUT2D eigenvalue weighted by Gasteiger charge is 2.09. The number of thiazole rings is 1. The molecule has 17 heavy (non-hydrogen) atoms. The van der Waals surface area contributed by atoms with E-state index in [1.165, 1.54) is 4.70 Å². The van der Waals surface area contributed by atoms with Gasteiger partial charge in [0.25, 0.3) is 0 Å². The number of methoxy groups -OCH3 is 1. The topological polar surface area (TPSA) is 34.1 Å². The molecule has 1 unspecified atom stereocenters. The molecule has 92 valence electrons. The van der Waals surface area contributed by atoms with Crippen molar-refractivity contribution >= 4 is 33.3 Å². The molecule has 1 atom stereocenters. The van der Waals surface area contributed by atoms with Crippen LogP contribution in [0.1, 0.15) is 0 Å². The largest absolute Gasteiger partial charge is 0.383 e. The Hall–Kier alpha value is -0.620. The fourth-order valence-corrected chi connectivity index (χ4v) is 3.68. The Balaban J connectivity index is 1.98. The summed E-state index contributed by atoms with van der Waals surface area (Å²) in [5.74, 6) is 0.976. The molecule has 1 aromatic heterocycles. The van der Waals surface area contributed by atoms with Crippen molar-refractivity contribution < 1.29 is 4.74 Å². The number of likely N-dealkylation sites (N-methyl/N-ethyl adjacent to an activating group) is 1. The molecule has 0 aliphatic heterocycles. The number of nitrogens with zero attached hydrogens (tertiary/aromatic N) is 1. The van der Waals surface area contributed by atoms with Crippen LogP contribution in [0.2, 0.25) is 0 Å². The van der Waals surface area contributed by atoms with Crippen molar-refractivity contribution in [3.63, 3.8) is 0 Å². The van der Waals surface area contributed by atoms with Crippen LogP contribution in [-0.2, 0) is 4.74 Å². The first-order valence-electron chi connectivity index (χ1n) is 5.48. The molecule has 3 nitrogen and oxygen atoms in total. The van der Waals surface area contributed by atoms with E-state index < -0.39 is 0 Å². The Bertz CT molecular complexity index is 439. The molecule has 1 N–H and O–H groups in total. The molecule has 0 radical (unpaired) electrons. The van der Waals surface area contributed by atoms with E-state index in [9.17, 15) is 0 Å². The van der Waals surface area contributed by atoms with Gasteiger partial charge in [0.15, 0.2) is 4.34 Å². The quantitative estimate of drug-likeness (QED) is 0.817. The lowest BCUT2D eigenvalue weighted by atomic mass is 10.3. The third-order valence-corrected chi connectivity index (χ3v) is 4.80. The summed E-state index contributed by atoms with van der Waals surface area (Å²) < 4.78 is 7.53. The highest BCUT2D eigenvalue weighted by molar-refractivity contribution is 8.01. The number of thioether (sulfide) groups is 1. The molecule has 0 spiro atoms. The molecule has 0 aliphatic carbocycles. The van der Waals surface area contributed by atoms with E-state index in [2.05, 4.69) is 28.5 Å². The third kappa shape index (κ3) is 3.42. The molecule has 1 heterocycles. The maximum Gasteiger partial charge on any atom is 0.151 e. The number of fused-ring (bicyclic) bond motifs is 1. The second kappa shape index (κ2) is 6.35. The van der Waals surface area contributed by atoms with Gasteiger partial charge in [0.2, 0.25) is 0 Å². The zero-order valence-corrected chi connectivity index (χ0v) is 11.6. The Morgan fingerprint density at radius 3 is 3.00 bits per heavy atom. The van der Waals surface area contributed by atoms with Crippen molar-refractivity contribution in [1.29, 1.82) is 0 Å². The summed E-state index contributed by atoms with van der Waals surface area (Å²) in [6, 6.07) is 8.62. The van der Waals surface area contributed by atoms with Crippen LogP contribution in [0, 0.1) is 0 Å². The number of para-hydroxylation sites is 1. The number of benzene rings is 1. The zero-order valence-electron chi connectivity index (χ0n) is 9.97. The van der Waals surface area contributed by atoms with Crippen molar-refractivity contribution in [2.75, 3.05) is 26.5 Å². The maximum absolute atomic E-state index is 5.15. The number of ether oxygens (including phenoxy) is 1. The SMILES string of the molecule is CNC(COC)CSc1nc2ccccc2s1. The van der Waals surface area contributed by atoms with Crippen LogP contribution in [-0.4, -0.2) is 37.5 Å². The first kappa shape index (κ1) is 12.8. The lowest BCUT2D eigenvalue weighted by molar-refractivity contribution is 0.177. The molecule has 2 rings (SSSR count). The predicted molar refractivity (Wildman–Crippen MR) is 75.1 cm³/mol. The normalized spacial score (nSPS) is 13.1. The number of rotatable bonds is 6. The van der Waals surface area contributed by atoms with Crippen molar-refractivity contribution in [3.8, 4) is 0 Å². The van der Waals surface area contributed by atoms with E-state index in [0.29, 0.717) is 6.04 Å². The van der Waals surface area contributed by atoms with Crippen LogP contribution in [0.3, 0.4) is 0 Å². The Morgan fingerprint density at radius 2 is 2.29 bits per heavy atom. The Labute approximate surface area is 110 Å². The first-order chi connectivity index (χ1) is 8.33. The zero-order chi connectivity index (χ0) is 12.1. The standard InChI is InChI=1S/C12H16N2OS2/c1-13-9(7-15-2)8-16-12-14-10-5-3-4-6-11(10)17-12/h3-6,9,13H,7-8H2,1-2H3. The molecule has 1 aromatic carbocycles. The van der Waals surface area contributed by atoms with Gasteiger partial charge in [0.1, 0.15) is 0 Å². The van der Waals surface area contributed by atoms with Crippen molar-refractivity contribution in [1.82, 2.24) is 10.3 Å². The summed E-state index contributed by atoms with van der Waals surface area (Å²) in [7, 11) is 3.69. The van der Waals surface area contributed by atoms with E-state index in [4.69, 9.17) is 4.74 Å². The van der Waals surface area contributed by atoms with Crippen LogP contribution in [0.4, 0.5) is 0 Å². The molecule has 5 heteroatoms. The highest BCUT2D eigenvalue weighted by atomic mass is 32.2. The molecule has 2 aromatic rings. The van der Waals surface area contributed by atoms with Crippen molar-refractivity contribution in [2.24, 2.45) is 0 Å². The fourth-order valence-electron chi connectivity index (χ4n) is 1.50. The molecule has 0 saturated heterocycles. The lowest BCUT2D eigenvalue weighted by Gasteiger charge is -2.13. The van der Waals surface area contributed by atoms with E-state index in [1.807, 2.05) is 13.1 Å². The fraction of sp³-hybridized carbons (Fsp3) is 0.417. The molecule has 0 aliphatic rings. The van der Waals surface area contributed by atoms with Gasteiger partial charge in [0, 0.05) is 18.9 Å². The summed E-state index contributed by atoms with van der Waals surface area (Å²) in [6.07, 6.45) is 0. The smallest absolute Gasteiger partial charge is 0.151 e. The van der Waals surface area contributed by atoms with Gasteiger partial charge in [-0.05, 0) is 19.2 Å². The van der Waals surface area contributed by atoms with Crippen LogP contribution in [0.5, 0.6) is 0 Å². The molecular weight excluding hydrogens is 252 g/mol. The predicted octanol–water partition coefficient (Wildman–Crippen LogP) is 2.62. The van der Waals surface area contributed by atoms with Gasteiger partial charge < -0.3 is 10.1 Å². The maximum atomic E-state index is 5.15. The van der Waals surface area contributed by atoms with Crippen LogP contribution < -0.4 is 5.32 Å². The van der Waals surface area contributed by atoms with E-state index in [-0.39, 0.29) is 0 Å². The average Bonchev–Trinajstić information content (AvgIpc) is 2.77. The summed E-state index contributed by atoms with van der Waals surface area (Å²) in [5, 5.41) is 3.24. The minimum atomic E-state index is 0.372. The minimum absolute atomic E-state index is 0.372. The molecule has 0 saturated carbocycles. The van der Waals surface area contributed by atoms with Crippen LogP contribution in [0.25, 0.3) is 10.2 Å². The van der Waals surface area contributed by atoms with Gasteiger partial charge in [-0.1, -0.05) is 23.9 Å². The third-order valence-electron chi connectivity index (χ3n) is 2.46. The number of hydrogen-bond acceptors (Lipinski definition) is 5. The van der Waals surface area contributed by atoms with Crippen molar-refractivity contribution in [2.45, 2.75) is 10.4 Å². The highest BCUT2D eigenvalue weighted by Crippen LogP contribution is 2.29. The van der Waals surface area contributed by atoms with Crippen LogP contribution >= 0.6 is 23.1 Å². The summed E-state index contributed by atoms with van der Waals surface area (Å²) in [6.45, 7) is 0.731. The second-order valence-electron chi connectivity index (χ2n) is 3.70. The Morgan fingerprint density at radius 1 is 1.47 bits per heavy atom. The summed E-state index contributed by atoms with van der Waals surface area (Å²) >= 11 is 3.53.